The molecule has 6 heteroatoms. The lowest BCUT2D eigenvalue weighted by atomic mass is 10.0. The van der Waals surface area contributed by atoms with Gasteiger partial charge in [-0.15, -0.1) is 0 Å². The highest BCUT2D eigenvalue weighted by atomic mass is 35.5. The number of pyridine rings is 1. The molecule has 0 fully saturated rings. The van der Waals surface area contributed by atoms with Crippen molar-refractivity contribution >= 4 is 34.8 Å². The van der Waals surface area contributed by atoms with Gasteiger partial charge in [0, 0.05) is 22.2 Å². The molecule has 0 radical (unpaired) electrons. The van der Waals surface area contributed by atoms with Crippen LogP contribution < -0.4 is 4.74 Å². The third-order valence-electron chi connectivity index (χ3n) is 2.69. The molecule has 0 aliphatic heterocycles. The van der Waals surface area contributed by atoms with E-state index in [1.807, 2.05) is 0 Å². The molecular weight excluding hydrogens is 319 g/mol. The summed E-state index contributed by atoms with van der Waals surface area (Å²) in [6.07, 6.45) is 0.132. The van der Waals surface area contributed by atoms with Crippen molar-refractivity contribution in [2.45, 2.75) is 6.42 Å². The third-order valence-corrected chi connectivity index (χ3v) is 3.71. The molecular formula is C14H9Cl3N2O. The van der Waals surface area contributed by atoms with Gasteiger partial charge in [-0.3, -0.25) is 0 Å². The fourth-order valence-corrected chi connectivity index (χ4v) is 2.51. The van der Waals surface area contributed by atoms with E-state index in [-0.39, 0.29) is 6.42 Å². The summed E-state index contributed by atoms with van der Waals surface area (Å²) in [7, 11) is 1.52. The highest BCUT2D eigenvalue weighted by Crippen LogP contribution is 2.38. The Bertz CT molecular complexity index is 696. The third kappa shape index (κ3) is 2.99. The normalized spacial score (nSPS) is 10.2. The lowest BCUT2D eigenvalue weighted by molar-refractivity contribution is 0.397. The zero-order valence-corrected chi connectivity index (χ0v) is 12.7. The highest BCUT2D eigenvalue weighted by Gasteiger charge is 2.14. The number of ether oxygens (including phenoxy) is 1. The van der Waals surface area contributed by atoms with Crippen LogP contribution in [0.15, 0.2) is 24.3 Å². The topological polar surface area (TPSA) is 45.9 Å². The minimum Gasteiger partial charge on any atom is -0.481 e. The Morgan fingerprint density at radius 1 is 1.20 bits per heavy atom. The molecule has 20 heavy (non-hydrogen) atoms. The van der Waals surface area contributed by atoms with Crippen LogP contribution >= 0.6 is 34.8 Å². The average molecular weight is 328 g/mol. The molecule has 0 saturated heterocycles. The fourth-order valence-electron chi connectivity index (χ4n) is 1.80. The second-order valence-corrected chi connectivity index (χ2v) is 5.15. The van der Waals surface area contributed by atoms with Crippen molar-refractivity contribution in [2.75, 3.05) is 7.11 Å². The Morgan fingerprint density at radius 2 is 1.95 bits per heavy atom. The molecule has 0 atom stereocenters. The Morgan fingerprint density at radius 3 is 2.60 bits per heavy atom. The first-order valence-corrected chi connectivity index (χ1v) is 6.76. The van der Waals surface area contributed by atoms with Crippen LogP contribution in [-0.2, 0) is 6.42 Å². The van der Waals surface area contributed by atoms with Crippen LogP contribution in [0, 0.1) is 11.3 Å². The Hall–Kier alpha value is -1.47. The minimum atomic E-state index is 0.132. The van der Waals surface area contributed by atoms with Gasteiger partial charge in [-0.05, 0) is 18.2 Å². The molecule has 1 heterocycles. The van der Waals surface area contributed by atoms with Gasteiger partial charge in [0.1, 0.15) is 0 Å². The lowest BCUT2D eigenvalue weighted by Crippen LogP contribution is -1.97. The molecule has 1 aromatic heterocycles. The zero-order chi connectivity index (χ0) is 14.7. The summed E-state index contributed by atoms with van der Waals surface area (Å²) in [4.78, 5) is 4.27. The van der Waals surface area contributed by atoms with Gasteiger partial charge in [0.25, 0.3) is 0 Å². The Labute approximate surface area is 131 Å². The summed E-state index contributed by atoms with van der Waals surface area (Å²) in [5.74, 6) is 0.434. The molecule has 0 aliphatic carbocycles. The summed E-state index contributed by atoms with van der Waals surface area (Å²) in [6, 6.07) is 8.81. The number of rotatable bonds is 3. The van der Waals surface area contributed by atoms with Crippen LogP contribution in [-0.4, -0.2) is 12.1 Å². The van der Waals surface area contributed by atoms with E-state index in [1.54, 1.807) is 24.3 Å². The maximum atomic E-state index is 8.92. The maximum absolute atomic E-state index is 8.92. The van der Waals surface area contributed by atoms with Gasteiger partial charge in [-0.2, -0.15) is 5.26 Å². The number of benzene rings is 1. The van der Waals surface area contributed by atoms with Crippen molar-refractivity contribution in [3.63, 3.8) is 0 Å². The van der Waals surface area contributed by atoms with Gasteiger partial charge in [-0.1, -0.05) is 34.8 Å². The van der Waals surface area contributed by atoms with Crippen molar-refractivity contribution in [3.8, 4) is 23.1 Å². The first kappa shape index (κ1) is 14.9. The number of methoxy groups -OCH3 is 1. The molecule has 2 rings (SSSR count). The number of hydrogen-bond donors (Lipinski definition) is 0. The first-order valence-electron chi connectivity index (χ1n) is 5.62. The number of nitriles is 1. The maximum Gasteiger partial charge on any atom is 0.213 e. The van der Waals surface area contributed by atoms with Gasteiger partial charge < -0.3 is 4.74 Å². The average Bonchev–Trinajstić information content (AvgIpc) is 2.43. The SMILES string of the molecule is COc1ccc(-c2cc(Cl)cc(Cl)c2Cl)c(CC#N)n1. The lowest BCUT2D eigenvalue weighted by Gasteiger charge is -2.11. The predicted molar refractivity (Wildman–Crippen MR) is 80.6 cm³/mol. The van der Waals surface area contributed by atoms with E-state index in [1.165, 1.54) is 7.11 Å². The molecule has 102 valence electrons. The molecule has 0 aliphatic rings. The van der Waals surface area contributed by atoms with E-state index in [4.69, 9.17) is 44.8 Å². The van der Waals surface area contributed by atoms with Gasteiger partial charge in [0.15, 0.2) is 0 Å². The molecule has 0 N–H and O–H groups in total. The van der Waals surface area contributed by atoms with Gasteiger partial charge >= 0.3 is 0 Å². The van der Waals surface area contributed by atoms with Crippen molar-refractivity contribution in [2.24, 2.45) is 0 Å². The minimum absolute atomic E-state index is 0.132. The van der Waals surface area contributed by atoms with E-state index in [2.05, 4.69) is 11.1 Å². The first-order chi connectivity index (χ1) is 9.56. The summed E-state index contributed by atoms with van der Waals surface area (Å²) < 4.78 is 5.06. The molecule has 0 unspecified atom stereocenters. The number of hydrogen-bond acceptors (Lipinski definition) is 3. The monoisotopic (exact) mass is 326 g/mol. The largest absolute Gasteiger partial charge is 0.481 e. The van der Waals surface area contributed by atoms with Crippen LogP contribution in [0.4, 0.5) is 0 Å². The van der Waals surface area contributed by atoms with E-state index in [9.17, 15) is 0 Å². The van der Waals surface area contributed by atoms with Crippen molar-refractivity contribution in [1.29, 1.82) is 5.26 Å². The van der Waals surface area contributed by atoms with Gasteiger partial charge in [0.2, 0.25) is 5.88 Å². The number of nitrogens with zero attached hydrogens (tertiary/aromatic N) is 2. The van der Waals surface area contributed by atoms with E-state index in [0.717, 1.165) is 0 Å². The quantitative estimate of drug-likeness (QED) is 0.762. The van der Waals surface area contributed by atoms with E-state index < -0.39 is 0 Å². The van der Waals surface area contributed by atoms with Crippen LogP contribution in [0.25, 0.3) is 11.1 Å². The fraction of sp³-hybridized carbons (Fsp3) is 0.143. The molecule has 3 nitrogen and oxygen atoms in total. The van der Waals surface area contributed by atoms with Crippen molar-refractivity contribution in [1.82, 2.24) is 4.98 Å². The standard InChI is InChI=1S/C14H9Cl3N2O/c1-20-13-3-2-9(12(19-13)4-5-18)10-6-8(15)7-11(16)14(10)17/h2-3,6-7H,4H2,1H3. The molecule has 0 bridgehead atoms. The van der Waals surface area contributed by atoms with Crippen molar-refractivity contribution in [3.05, 3.63) is 45.0 Å². The Kier molecular flexibility index (Phi) is 4.72. The molecule has 1 aromatic carbocycles. The van der Waals surface area contributed by atoms with Crippen molar-refractivity contribution < 1.29 is 4.74 Å². The van der Waals surface area contributed by atoms with Crippen LogP contribution in [0.1, 0.15) is 5.69 Å². The smallest absolute Gasteiger partial charge is 0.213 e. The molecule has 2 aromatic rings. The summed E-state index contributed by atoms with van der Waals surface area (Å²) in [5.41, 5.74) is 1.92. The Balaban J connectivity index is 2.66. The summed E-state index contributed by atoms with van der Waals surface area (Å²) >= 11 is 18.3. The number of aromatic nitrogens is 1. The summed E-state index contributed by atoms with van der Waals surface area (Å²) in [5, 5.41) is 10.1. The molecule has 0 spiro atoms. The van der Waals surface area contributed by atoms with Crippen LogP contribution in [0.5, 0.6) is 5.88 Å². The molecule has 0 saturated carbocycles. The van der Waals surface area contributed by atoms with Crippen LogP contribution in [0.3, 0.4) is 0 Å². The second kappa shape index (κ2) is 6.32. The highest BCUT2D eigenvalue weighted by molar-refractivity contribution is 6.45. The van der Waals surface area contributed by atoms with E-state index in [0.29, 0.717) is 37.8 Å². The van der Waals surface area contributed by atoms with Gasteiger partial charge in [-0.25, -0.2) is 4.98 Å². The zero-order valence-electron chi connectivity index (χ0n) is 10.5. The second-order valence-electron chi connectivity index (χ2n) is 3.93. The van der Waals surface area contributed by atoms with E-state index >= 15 is 0 Å². The van der Waals surface area contributed by atoms with Gasteiger partial charge in [0.05, 0.1) is 35.3 Å². The van der Waals surface area contributed by atoms with Crippen LogP contribution in [0.2, 0.25) is 15.1 Å². The number of halogens is 3. The molecule has 0 amide bonds. The summed E-state index contributed by atoms with van der Waals surface area (Å²) in [6.45, 7) is 0. The predicted octanol–water partition coefficient (Wildman–Crippen LogP) is 4.78.